The summed E-state index contributed by atoms with van der Waals surface area (Å²) in [6, 6.07) is 9.53. The second-order valence-electron chi connectivity index (χ2n) is 10.2. The first-order valence-electron chi connectivity index (χ1n) is 13.3. The molecule has 2 aromatic heterocycles. The first kappa shape index (κ1) is 27.3. The highest BCUT2D eigenvalue weighted by Crippen LogP contribution is 2.35. The molecular weight excluding hydrogens is 550 g/mol. The van der Waals surface area contributed by atoms with Gasteiger partial charge >= 0.3 is 7.12 Å². The molecule has 1 unspecified atom stereocenters. The zero-order chi connectivity index (χ0) is 28.8. The summed E-state index contributed by atoms with van der Waals surface area (Å²) in [5, 5.41) is 17.8. The molecule has 2 aromatic carbocycles. The standard InChI is InChI=1S/C29H27BClFN4O5/c1-15-10-19(28-21(11-15)27(37)16(2)29(40-28)36-6-8-39-9-7-36)17(3)34-24-4-5-25(31)35-26(24)20-12-18-14-33-41-30(38)22(18)13-23(20)32/h4-5,10-14,17,34,38H,6-9H2,1-3H3. The van der Waals surface area contributed by atoms with Crippen molar-refractivity contribution in [1.29, 1.82) is 0 Å². The van der Waals surface area contributed by atoms with Crippen molar-refractivity contribution in [3.8, 4) is 11.3 Å². The van der Waals surface area contributed by atoms with Crippen LogP contribution in [0, 0.1) is 19.7 Å². The van der Waals surface area contributed by atoms with Gasteiger partial charge in [-0.05, 0) is 62.2 Å². The Morgan fingerprint density at radius 2 is 1.95 bits per heavy atom. The lowest BCUT2D eigenvalue weighted by Crippen LogP contribution is -2.38. The molecule has 1 saturated heterocycles. The Morgan fingerprint density at radius 1 is 1.17 bits per heavy atom. The number of morpholine rings is 1. The summed E-state index contributed by atoms with van der Waals surface area (Å²) in [5.74, 6) is -0.0642. The molecule has 0 aliphatic carbocycles. The van der Waals surface area contributed by atoms with Gasteiger partial charge in [0.05, 0.1) is 47.8 Å². The van der Waals surface area contributed by atoms with Gasteiger partial charge in [-0.15, -0.1) is 5.16 Å². The van der Waals surface area contributed by atoms with Gasteiger partial charge in [-0.1, -0.05) is 17.7 Å². The van der Waals surface area contributed by atoms with E-state index in [1.165, 1.54) is 12.3 Å². The number of benzene rings is 2. The fourth-order valence-electron chi connectivity index (χ4n) is 5.33. The second-order valence-corrected chi connectivity index (χ2v) is 10.6. The monoisotopic (exact) mass is 576 g/mol. The van der Waals surface area contributed by atoms with Gasteiger partial charge in [0, 0.05) is 29.7 Å². The summed E-state index contributed by atoms with van der Waals surface area (Å²) in [6.07, 6.45) is 1.40. The molecule has 2 aliphatic rings. The van der Waals surface area contributed by atoms with Gasteiger partial charge in [-0.25, -0.2) is 9.37 Å². The largest absolute Gasteiger partial charge is 0.583 e. The Labute approximate surface area is 240 Å². The number of aryl methyl sites for hydroxylation is 1. The smallest absolute Gasteiger partial charge is 0.440 e. The van der Waals surface area contributed by atoms with E-state index in [2.05, 4.69) is 15.5 Å². The predicted molar refractivity (Wildman–Crippen MR) is 158 cm³/mol. The topological polar surface area (TPSA) is 109 Å². The highest BCUT2D eigenvalue weighted by molar-refractivity contribution is 6.62. The second kappa shape index (κ2) is 10.8. The third kappa shape index (κ3) is 5.05. The predicted octanol–water partition coefficient (Wildman–Crippen LogP) is 4.33. The minimum absolute atomic E-state index is 0.0808. The van der Waals surface area contributed by atoms with Crippen molar-refractivity contribution in [1.82, 2.24) is 4.98 Å². The van der Waals surface area contributed by atoms with E-state index in [0.29, 0.717) is 60.0 Å². The molecule has 0 saturated carbocycles. The summed E-state index contributed by atoms with van der Waals surface area (Å²) >= 11 is 6.25. The molecule has 6 rings (SSSR count). The number of hydrogen-bond donors (Lipinski definition) is 2. The van der Waals surface area contributed by atoms with Gasteiger partial charge in [0.1, 0.15) is 16.6 Å². The van der Waals surface area contributed by atoms with Crippen molar-refractivity contribution in [2.24, 2.45) is 5.16 Å². The fraction of sp³-hybridized carbons (Fsp3) is 0.276. The van der Waals surface area contributed by atoms with Crippen LogP contribution in [0.25, 0.3) is 22.2 Å². The van der Waals surface area contributed by atoms with E-state index in [9.17, 15) is 9.82 Å². The van der Waals surface area contributed by atoms with E-state index < -0.39 is 12.9 Å². The molecule has 0 bridgehead atoms. The van der Waals surface area contributed by atoms with Crippen LogP contribution in [0.1, 0.15) is 35.2 Å². The maximum Gasteiger partial charge on any atom is 0.583 e. The van der Waals surface area contributed by atoms with Crippen LogP contribution in [-0.2, 0) is 9.49 Å². The summed E-state index contributed by atoms with van der Waals surface area (Å²) in [6.45, 7) is 8.03. The average Bonchev–Trinajstić information content (AvgIpc) is 2.96. The van der Waals surface area contributed by atoms with E-state index >= 15 is 4.39 Å². The SMILES string of the molecule is Cc1cc(C(C)Nc2ccc(Cl)nc2-c2cc3c(cc2F)B(O)ON=C3)c2oc(N3CCOCC3)c(C)c(=O)c2c1. The third-order valence-corrected chi connectivity index (χ3v) is 7.62. The van der Waals surface area contributed by atoms with E-state index in [1.54, 1.807) is 25.1 Å². The molecule has 0 radical (unpaired) electrons. The third-order valence-electron chi connectivity index (χ3n) is 7.41. The Morgan fingerprint density at radius 3 is 2.73 bits per heavy atom. The van der Waals surface area contributed by atoms with Crippen LogP contribution in [0.15, 0.2) is 50.8 Å². The van der Waals surface area contributed by atoms with Crippen LogP contribution in [0.4, 0.5) is 16.0 Å². The minimum atomic E-state index is -1.36. The van der Waals surface area contributed by atoms with Crippen LogP contribution in [0.3, 0.4) is 0 Å². The van der Waals surface area contributed by atoms with Crippen molar-refractivity contribution in [2.75, 3.05) is 36.5 Å². The van der Waals surface area contributed by atoms with Crippen LogP contribution >= 0.6 is 11.6 Å². The summed E-state index contributed by atoms with van der Waals surface area (Å²) in [5.41, 5.74) is 4.37. The van der Waals surface area contributed by atoms with Gasteiger partial charge in [-0.3, -0.25) is 4.79 Å². The highest BCUT2D eigenvalue weighted by Gasteiger charge is 2.28. The molecule has 9 nitrogen and oxygen atoms in total. The van der Waals surface area contributed by atoms with Crippen LogP contribution in [-0.4, -0.2) is 49.6 Å². The number of pyridine rings is 1. The van der Waals surface area contributed by atoms with Crippen molar-refractivity contribution >= 4 is 52.9 Å². The van der Waals surface area contributed by atoms with Crippen molar-refractivity contribution < 1.29 is 23.3 Å². The van der Waals surface area contributed by atoms with Gasteiger partial charge in [0.15, 0.2) is 5.43 Å². The number of nitrogens with zero attached hydrogens (tertiary/aromatic N) is 3. The number of oxime groups is 1. The van der Waals surface area contributed by atoms with Crippen molar-refractivity contribution in [2.45, 2.75) is 26.8 Å². The highest BCUT2D eigenvalue weighted by atomic mass is 35.5. The number of hydrogen-bond acceptors (Lipinski definition) is 9. The number of nitrogens with one attached hydrogen (secondary N) is 1. The zero-order valence-corrected chi connectivity index (χ0v) is 23.5. The summed E-state index contributed by atoms with van der Waals surface area (Å²) < 4.78 is 32.2. The van der Waals surface area contributed by atoms with Crippen LogP contribution < -0.4 is 21.1 Å². The lowest BCUT2D eigenvalue weighted by atomic mass is 9.75. The fourth-order valence-corrected chi connectivity index (χ4v) is 5.48. The molecule has 4 heterocycles. The van der Waals surface area contributed by atoms with Crippen LogP contribution in [0.2, 0.25) is 5.15 Å². The molecule has 2 N–H and O–H groups in total. The molecule has 2 aliphatic heterocycles. The molecule has 1 fully saturated rings. The zero-order valence-electron chi connectivity index (χ0n) is 22.7. The van der Waals surface area contributed by atoms with Gasteiger partial charge in [0.2, 0.25) is 5.88 Å². The lowest BCUT2D eigenvalue weighted by molar-refractivity contribution is 0.120. The van der Waals surface area contributed by atoms with Gasteiger partial charge < -0.3 is 29.1 Å². The van der Waals surface area contributed by atoms with Gasteiger partial charge in [-0.2, -0.15) is 0 Å². The molecule has 4 aromatic rings. The number of halogens is 2. The molecule has 12 heteroatoms. The Balaban J connectivity index is 1.44. The summed E-state index contributed by atoms with van der Waals surface area (Å²) in [7, 11) is -1.36. The van der Waals surface area contributed by atoms with Crippen LogP contribution in [0.5, 0.6) is 0 Å². The number of rotatable bonds is 5. The number of ether oxygens (including phenoxy) is 1. The quantitative estimate of drug-likeness (QED) is 0.267. The maximum atomic E-state index is 15.4. The summed E-state index contributed by atoms with van der Waals surface area (Å²) in [4.78, 5) is 20.0. The first-order chi connectivity index (χ1) is 19.7. The van der Waals surface area contributed by atoms with E-state index in [4.69, 9.17) is 25.5 Å². The Hall–Kier alpha value is -3.93. The maximum absolute atomic E-state index is 15.4. The molecular formula is C29H27BClFN4O5. The number of fused-ring (bicyclic) bond motifs is 2. The van der Waals surface area contributed by atoms with E-state index in [1.807, 2.05) is 30.9 Å². The van der Waals surface area contributed by atoms with E-state index in [-0.39, 0.29) is 33.3 Å². The number of anilines is 2. The normalized spacial score (nSPS) is 15.6. The minimum Gasteiger partial charge on any atom is -0.440 e. The molecule has 210 valence electrons. The Kier molecular flexibility index (Phi) is 7.19. The Bertz CT molecular complexity index is 1760. The van der Waals surface area contributed by atoms with Gasteiger partial charge in [0.25, 0.3) is 0 Å². The average molecular weight is 577 g/mol. The molecule has 0 spiro atoms. The van der Waals surface area contributed by atoms with Crippen molar-refractivity contribution in [3.05, 3.63) is 79.8 Å². The van der Waals surface area contributed by atoms with E-state index in [0.717, 1.165) is 11.1 Å². The lowest BCUT2D eigenvalue weighted by Gasteiger charge is -2.29. The molecule has 0 amide bonds. The molecule has 1 atom stereocenters. The van der Waals surface area contributed by atoms with Crippen molar-refractivity contribution in [3.63, 3.8) is 0 Å². The molecule has 41 heavy (non-hydrogen) atoms. The number of aromatic nitrogens is 1. The first-order valence-corrected chi connectivity index (χ1v) is 13.6.